The van der Waals surface area contributed by atoms with E-state index in [1.54, 1.807) is 6.20 Å². The minimum absolute atomic E-state index is 0.195. The lowest BCUT2D eigenvalue weighted by Gasteiger charge is -2.26. The number of aromatic nitrogens is 1. The summed E-state index contributed by atoms with van der Waals surface area (Å²) in [6, 6.07) is 3.85. The van der Waals surface area contributed by atoms with Gasteiger partial charge in [-0.25, -0.2) is 9.59 Å². The highest BCUT2D eigenvalue weighted by Gasteiger charge is 2.23. The normalized spacial score (nSPS) is 14.4. The summed E-state index contributed by atoms with van der Waals surface area (Å²) in [6.45, 7) is 4.84. The Morgan fingerprint density at radius 3 is 2.45 bits per heavy atom. The molecular formula is C16H18N2O4. The maximum atomic E-state index is 11.4. The second kappa shape index (κ2) is 5.05. The van der Waals surface area contributed by atoms with Crippen LogP contribution in [-0.4, -0.2) is 38.4 Å². The van der Waals surface area contributed by atoms with E-state index in [-0.39, 0.29) is 5.92 Å². The highest BCUT2D eigenvalue weighted by atomic mass is 16.4. The average molecular weight is 302 g/mol. The summed E-state index contributed by atoms with van der Waals surface area (Å²) in [7, 11) is 0. The molecule has 1 aliphatic rings. The molecule has 1 aliphatic heterocycles. The SMILES string of the molecule is CC(C)c1cn(C(=O)O)c2cc3c(cc12)CN(C(=O)O)CC3. The van der Waals surface area contributed by atoms with Gasteiger partial charge in [0.2, 0.25) is 0 Å². The molecule has 1 aromatic heterocycles. The molecule has 0 atom stereocenters. The van der Waals surface area contributed by atoms with Gasteiger partial charge in [-0.1, -0.05) is 13.8 Å². The van der Waals surface area contributed by atoms with E-state index < -0.39 is 12.2 Å². The topological polar surface area (TPSA) is 82.8 Å². The number of nitrogens with zero attached hydrogens (tertiary/aromatic N) is 2. The van der Waals surface area contributed by atoms with Gasteiger partial charge in [-0.2, -0.15) is 0 Å². The quantitative estimate of drug-likeness (QED) is 0.846. The van der Waals surface area contributed by atoms with Gasteiger partial charge in [-0.3, -0.25) is 4.57 Å². The highest BCUT2D eigenvalue weighted by molar-refractivity contribution is 5.93. The largest absolute Gasteiger partial charge is 0.465 e. The van der Waals surface area contributed by atoms with Crippen molar-refractivity contribution in [2.75, 3.05) is 6.54 Å². The molecule has 2 heterocycles. The molecule has 0 spiro atoms. The lowest BCUT2D eigenvalue weighted by Crippen LogP contribution is -2.34. The third-order valence-corrected chi connectivity index (χ3v) is 4.27. The second-order valence-corrected chi connectivity index (χ2v) is 5.98. The minimum Gasteiger partial charge on any atom is -0.465 e. The molecule has 0 bridgehead atoms. The van der Waals surface area contributed by atoms with E-state index in [0.29, 0.717) is 25.0 Å². The van der Waals surface area contributed by atoms with Gasteiger partial charge in [0, 0.05) is 24.7 Å². The van der Waals surface area contributed by atoms with Crippen molar-refractivity contribution in [3.8, 4) is 0 Å². The zero-order chi connectivity index (χ0) is 16.0. The first-order chi connectivity index (χ1) is 10.4. The van der Waals surface area contributed by atoms with Crippen LogP contribution in [0.3, 0.4) is 0 Å². The van der Waals surface area contributed by atoms with E-state index in [9.17, 15) is 14.7 Å². The lowest BCUT2D eigenvalue weighted by atomic mass is 9.95. The summed E-state index contributed by atoms with van der Waals surface area (Å²) >= 11 is 0. The average Bonchev–Trinajstić information content (AvgIpc) is 2.82. The van der Waals surface area contributed by atoms with Crippen LogP contribution in [0.2, 0.25) is 0 Å². The first kappa shape index (κ1) is 14.4. The van der Waals surface area contributed by atoms with Gasteiger partial charge in [-0.15, -0.1) is 0 Å². The Morgan fingerprint density at radius 2 is 1.86 bits per heavy atom. The Bertz CT molecular complexity index is 776. The molecule has 0 aliphatic carbocycles. The van der Waals surface area contributed by atoms with Crippen LogP contribution in [0, 0.1) is 0 Å². The lowest BCUT2D eigenvalue weighted by molar-refractivity contribution is 0.140. The number of rotatable bonds is 1. The molecule has 22 heavy (non-hydrogen) atoms. The molecule has 0 radical (unpaired) electrons. The maximum absolute atomic E-state index is 11.4. The van der Waals surface area contributed by atoms with E-state index in [1.807, 2.05) is 26.0 Å². The van der Waals surface area contributed by atoms with Crippen molar-refractivity contribution in [2.24, 2.45) is 0 Å². The van der Waals surface area contributed by atoms with E-state index in [0.717, 1.165) is 22.1 Å². The van der Waals surface area contributed by atoms with Crippen molar-refractivity contribution >= 4 is 23.1 Å². The van der Waals surface area contributed by atoms with Crippen LogP contribution in [-0.2, 0) is 13.0 Å². The van der Waals surface area contributed by atoms with Gasteiger partial charge >= 0.3 is 12.2 Å². The maximum Gasteiger partial charge on any atom is 0.416 e. The Labute approximate surface area is 127 Å². The monoisotopic (exact) mass is 302 g/mol. The summed E-state index contributed by atoms with van der Waals surface area (Å²) in [5, 5.41) is 19.4. The van der Waals surface area contributed by atoms with Gasteiger partial charge in [0.05, 0.1) is 5.52 Å². The summed E-state index contributed by atoms with van der Waals surface area (Å²) in [5.74, 6) is 0.195. The van der Waals surface area contributed by atoms with Crippen LogP contribution in [0.5, 0.6) is 0 Å². The standard InChI is InChI=1S/C16H18N2O4/c1-9(2)13-8-18(16(21)22)14-6-10-3-4-17(15(19)20)7-11(10)5-12(13)14/h5-6,8-9H,3-4,7H2,1-2H3,(H,19,20)(H,21,22). The van der Waals surface area contributed by atoms with E-state index in [2.05, 4.69) is 0 Å². The van der Waals surface area contributed by atoms with Gasteiger partial charge in [0.25, 0.3) is 0 Å². The third kappa shape index (κ3) is 2.20. The second-order valence-electron chi connectivity index (χ2n) is 5.98. The van der Waals surface area contributed by atoms with Crippen molar-refractivity contribution in [1.29, 1.82) is 0 Å². The third-order valence-electron chi connectivity index (χ3n) is 4.27. The summed E-state index contributed by atoms with van der Waals surface area (Å²) < 4.78 is 1.26. The molecule has 116 valence electrons. The molecular weight excluding hydrogens is 284 g/mol. The zero-order valence-electron chi connectivity index (χ0n) is 12.5. The number of carboxylic acid groups (broad SMARTS) is 2. The fourth-order valence-electron chi connectivity index (χ4n) is 3.09. The molecule has 0 saturated heterocycles. The molecule has 1 aromatic carbocycles. The number of hydrogen-bond donors (Lipinski definition) is 2. The molecule has 3 rings (SSSR count). The molecule has 2 N–H and O–H groups in total. The molecule has 0 fully saturated rings. The number of amides is 1. The summed E-state index contributed by atoms with van der Waals surface area (Å²) in [4.78, 5) is 24.0. The van der Waals surface area contributed by atoms with Crippen LogP contribution in [0.1, 0.15) is 36.5 Å². The Balaban J connectivity index is 2.19. The van der Waals surface area contributed by atoms with Gasteiger partial charge in [0.1, 0.15) is 0 Å². The number of hydrogen-bond acceptors (Lipinski definition) is 2. The Morgan fingerprint density at radius 1 is 1.14 bits per heavy atom. The molecule has 0 unspecified atom stereocenters. The van der Waals surface area contributed by atoms with E-state index in [4.69, 9.17) is 5.11 Å². The molecule has 1 amide bonds. The van der Waals surface area contributed by atoms with E-state index >= 15 is 0 Å². The molecule has 6 heteroatoms. The molecule has 2 aromatic rings. The predicted octanol–water partition coefficient (Wildman–Crippen LogP) is 3.33. The predicted molar refractivity (Wildman–Crippen MR) is 81.6 cm³/mol. The molecule has 6 nitrogen and oxygen atoms in total. The summed E-state index contributed by atoms with van der Waals surface area (Å²) in [6.07, 6.45) is 0.357. The fourth-order valence-corrected chi connectivity index (χ4v) is 3.09. The smallest absolute Gasteiger partial charge is 0.416 e. The van der Waals surface area contributed by atoms with Crippen molar-refractivity contribution in [3.63, 3.8) is 0 Å². The Kier molecular flexibility index (Phi) is 3.31. The van der Waals surface area contributed by atoms with Gasteiger partial charge < -0.3 is 15.1 Å². The first-order valence-electron chi connectivity index (χ1n) is 7.26. The summed E-state index contributed by atoms with van der Waals surface area (Å²) in [5.41, 5.74) is 3.64. The van der Waals surface area contributed by atoms with Crippen LogP contribution in [0.4, 0.5) is 9.59 Å². The van der Waals surface area contributed by atoms with Crippen LogP contribution >= 0.6 is 0 Å². The Hall–Kier alpha value is -2.50. The van der Waals surface area contributed by atoms with Gasteiger partial charge in [0.15, 0.2) is 0 Å². The van der Waals surface area contributed by atoms with Crippen LogP contribution < -0.4 is 0 Å². The van der Waals surface area contributed by atoms with Gasteiger partial charge in [-0.05, 0) is 41.2 Å². The van der Waals surface area contributed by atoms with E-state index in [1.165, 1.54) is 9.47 Å². The van der Waals surface area contributed by atoms with Crippen molar-refractivity contribution in [3.05, 3.63) is 35.0 Å². The minimum atomic E-state index is -1.00. The van der Waals surface area contributed by atoms with Crippen molar-refractivity contribution in [1.82, 2.24) is 9.47 Å². The zero-order valence-corrected chi connectivity index (χ0v) is 12.5. The fraction of sp³-hybridized carbons (Fsp3) is 0.375. The van der Waals surface area contributed by atoms with Crippen molar-refractivity contribution < 1.29 is 19.8 Å². The highest BCUT2D eigenvalue weighted by Crippen LogP contribution is 2.32. The van der Waals surface area contributed by atoms with Crippen LogP contribution in [0.15, 0.2) is 18.3 Å². The van der Waals surface area contributed by atoms with Crippen molar-refractivity contribution in [2.45, 2.75) is 32.7 Å². The number of benzene rings is 1. The number of fused-ring (bicyclic) bond motifs is 2. The molecule has 0 saturated carbocycles. The first-order valence-corrected chi connectivity index (χ1v) is 7.26. The number of carbonyl (C=O) groups is 2. The van der Waals surface area contributed by atoms with Crippen LogP contribution in [0.25, 0.3) is 10.9 Å².